The lowest BCUT2D eigenvalue weighted by Gasteiger charge is -2.15. The number of nitro groups is 1. The number of rotatable bonds is 12. The fourth-order valence-corrected chi connectivity index (χ4v) is 4.12. The Bertz CT molecular complexity index is 1580. The molecule has 2 aromatic heterocycles. The Hall–Kier alpha value is -5.39. The van der Waals surface area contributed by atoms with Crippen LogP contribution in [-0.2, 0) is 16.1 Å². The van der Waals surface area contributed by atoms with E-state index in [0.29, 0.717) is 11.5 Å². The summed E-state index contributed by atoms with van der Waals surface area (Å²) in [5.41, 5.74) is 5.40. The third kappa shape index (κ3) is 7.02. The van der Waals surface area contributed by atoms with E-state index in [0.717, 1.165) is 17.1 Å². The molecule has 0 radical (unpaired) electrons. The number of esters is 1. The molecule has 1 atom stereocenters. The van der Waals surface area contributed by atoms with Gasteiger partial charge in [-0.15, -0.1) is 0 Å². The normalized spacial score (nSPS) is 11.7. The van der Waals surface area contributed by atoms with Gasteiger partial charge in [0.2, 0.25) is 5.75 Å². The number of amides is 1. The number of nitro benzene ring substituents is 1. The van der Waals surface area contributed by atoms with Crippen molar-refractivity contribution in [3.05, 3.63) is 105 Å². The molecule has 4 rings (SSSR count). The maximum absolute atomic E-state index is 12.6. The Morgan fingerprint density at radius 1 is 1.07 bits per heavy atom. The summed E-state index contributed by atoms with van der Waals surface area (Å²) in [4.78, 5) is 35.4. The van der Waals surface area contributed by atoms with Gasteiger partial charge < -0.3 is 23.2 Å². The largest absolute Gasteiger partial charge is 0.486 e. The van der Waals surface area contributed by atoms with Crippen LogP contribution in [0.5, 0.6) is 11.5 Å². The van der Waals surface area contributed by atoms with Crippen LogP contribution in [0.15, 0.2) is 76.2 Å². The van der Waals surface area contributed by atoms with Crippen LogP contribution in [0.1, 0.15) is 47.1 Å². The molecule has 4 aromatic rings. The van der Waals surface area contributed by atoms with Crippen molar-refractivity contribution in [3.63, 3.8) is 0 Å². The van der Waals surface area contributed by atoms with Gasteiger partial charge in [-0.3, -0.25) is 14.9 Å². The molecule has 0 bridgehead atoms. The van der Waals surface area contributed by atoms with E-state index in [-0.39, 0.29) is 36.0 Å². The minimum absolute atomic E-state index is 0.00824. The molecule has 2 heterocycles. The van der Waals surface area contributed by atoms with Crippen molar-refractivity contribution in [2.75, 3.05) is 6.61 Å². The maximum atomic E-state index is 12.6. The highest BCUT2D eigenvalue weighted by Gasteiger charge is 2.24. The van der Waals surface area contributed by atoms with Crippen molar-refractivity contribution >= 4 is 23.8 Å². The Labute approximate surface area is 241 Å². The molecule has 0 aliphatic carbocycles. The van der Waals surface area contributed by atoms with Crippen LogP contribution >= 0.6 is 0 Å². The van der Waals surface area contributed by atoms with Crippen LogP contribution in [0.25, 0.3) is 5.69 Å². The molecule has 0 aliphatic rings. The monoisotopic (exact) mass is 574 g/mol. The summed E-state index contributed by atoms with van der Waals surface area (Å²) in [5.74, 6) is -0.458. The molecule has 0 saturated carbocycles. The van der Waals surface area contributed by atoms with Crippen LogP contribution in [0.4, 0.5) is 5.69 Å². The van der Waals surface area contributed by atoms with Gasteiger partial charge in [0.15, 0.2) is 11.9 Å². The number of nitrogens with one attached hydrogen (secondary N) is 1. The van der Waals surface area contributed by atoms with E-state index in [1.807, 2.05) is 38.1 Å². The summed E-state index contributed by atoms with van der Waals surface area (Å²) in [6.45, 7) is 7.37. The number of para-hydroxylation sites is 1. The first-order valence-electron chi connectivity index (χ1n) is 13.1. The molecule has 218 valence electrons. The van der Waals surface area contributed by atoms with Crippen LogP contribution in [0, 0.1) is 24.0 Å². The van der Waals surface area contributed by atoms with Crippen LogP contribution in [0.3, 0.4) is 0 Å². The van der Waals surface area contributed by atoms with E-state index in [4.69, 9.17) is 18.6 Å². The number of aromatic nitrogens is 1. The predicted molar refractivity (Wildman–Crippen MR) is 153 cm³/mol. The molecule has 12 nitrogen and oxygen atoms in total. The lowest BCUT2D eigenvalue weighted by molar-refractivity contribution is -0.386. The molecule has 0 unspecified atom stereocenters. The highest BCUT2D eigenvalue weighted by Crippen LogP contribution is 2.31. The molecule has 0 saturated heterocycles. The molecule has 2 aromatic carbocycles. The maximum Gasteiger partial charge on any atom is 0.347 e. The van der Waals surface area contributed by atoms with Gasteiger partial charge in [-0.2, -0.15) is 5.10 Å². The number of ether oxygens (including phenoxy) is 3. The second-order valence-electron chi connectivity index (χ2n) is 9.16. The molecule has 0 spiro atoms. The Kier molecular flexibility index (Phi) is 9.38. The third-order valence-corrected chi connectivity index (χ3v) is 6.14. The minimum Gasteiger partial charge on any atom is -0.486 e. The van der Waals surface area contributed by atoms with Gasteiger partial charge in [0.05, 0.1) is 17.7 Å². The molecular formula is C30H30N4O8. The van der Waals surface area contributed by atoms with Crippen molar-refractivity contribution in [2.24, 2.45) is 5.10 Å². The molecule has 0 aliphatic heterocycles. The Morgan fingerprint density at radius 2 is 1.79 bits per heavy atom. The molecule has 0 fully saturated rings. The second-order valence-corrected chi connectivity index (χ2v) is 9.16. The highest BCUT2D eigenvalue weighted by molar-refractivity contribution is 5.93. The zero-order chi connectivity index (χ0) is 30.2. The van der Waals surface area contributed by atoms with Gasteiger partial charge in [-0.1, -0.05) is 6.07 Å². The predicted octanol–water partition coefficient (Wildman–Crippen LogP) is 5.27. The summed E-state index contributed by atoms with van der Waals surface area (Å²) in [5, 5.41) is 15.4. The first kappa shape index (κ1) is 29.6. The lowest BCUT2D eigenvalue weighted by atomic mass is 10.2. The molecule has 1 amide bonds. The minimum atomic E-state index is -1.11. The number of nitrogens with zero attached hydrogens (tertiary/aromatic N) is 3. The summed E-state index contributed by atoms with van der Waals surface area (Å²) in [6.07, 6.45) is 0.0631. The fraction of sp³-hybridized carbons (Fsp3) is 0.233. The lowest BCUT2D eigenvalue weighted by Crippen LogP contribution is -2.27. The van der Waals surface area contributed by atoms with E-state index < -0.39 is 22.9 Å². The van der Waals surface area contributed by atoms with Gasteiger partial charge in [-0.05, 0) is 82.3 Å². The van der Waals surface area contributed by atoms with Gasteiger partial charge in [0, 0.05) is 28.7 Å². The van der Waals surface area contributed by atoms with Crippen molar-refractivity contribution in [1.82, 2.24) is 9.99 Å². The van der Waals surface area contributed by atoms with Crippen molar-refractivity contribution in [2.45, 2.75) is 40.4 Å². The molecule has 1 N–H and O–H groups in total. The number of carbonyl (C=O) groups excluding carboxylic acids is 2. The highest BCUT2D eigenvalue weighted by atomic mass is 16.6. The molecule has 12 heteroatoms. The van der Waals surface area contributed by atoms with Gasteiger partial charge in [0.25, 0.3) is 0 Å². The number of hydrogen-bond acceptors (Lipinski definition) is 9. The zero-order valence-electron chi connectivity index (χ0n) is 23.5. The van der Waals surface area contributed by atoms with Crippen LogP contribution in [0.2, 0.25) is 0 Å². The number of benzene rings is 2. The summed E-state index contributed by atoms with van der Waals surface area (Å²) in [6, 6.07) is 19.0. The van der Waals surface area contributed by atoms with E-state index >= 15 is 0 Å². The van der Waals surface area contributed by atoms with Crippen LogP contribution < -0.4 is 14.9 Å². The number of carbonyl (C=O) groups is 2. The quantitative estimate of drug-likeness (QED) is 0.104. The van der Waals surface area contributed by atoms with Gasteiger partial charge in [-0.25, -0.2) is 10.2 Å². The average Bonchev–Trinajstić information content (AvgIpc) is 3.58. The fourth-order valence-electron chi connectivity index (χ4n) is 4.12. The Morgan fingerprint density at radius 3 is 2.45 bits per heavy atom. The van der Waals surface area contributed by atoms with E-state index in [9.17, 15) is 19.7 Å². The third-order valence-electron chi connectivity index (χ3n) is 6.14. The van der Waals surface area contributed by atoms with E-state index in [1.165, 1.54) is 37.4 Å². The smallest absolute Gasteiger partial charge is 0.347 e. The number of furan rings is 1. The van der Waals surface area contributed by atoms with Crippen molar-refractivity contribution in [1.29, 1.82) is 0 Å². The number of hydrogen-bond donors (Lipinski definition) is 1. The van der Waals surface area contributed by atoms with Crippen LogP contribution in [-0.4, -0.2) is 40.3 Å². The SMILES string of the molecule is CCOC(=O)[C@H](C)Oc1c(/C=N/NC(=O)c2ccc(COc3ccc(-n4c(C)ccc4C)cc3)o2)cccc1[N+](=O)[O-]. The standard InChI is InChI=1S/C30H30N4O8/c1-5-39-30(36)21(4)41-28-22(7-6-8-26(28)34(37)38)17-31-32-29(35)27-16-15-25(42-27)18-40-24-13-11-23(12-14-24)33-19(2)9-10-20(33)3/h6-17,21H,5,18H2,1-4H3,(H,32,35)/b31-17+/t21-/m0/s1. The summed E-state index contributed by atoms with van der Waals surface area (Å²) >= 11 is 0. The first-order valence-corrected chi connectivity index (χ1v) is 13.1. The van der Waals surface area contributed by atoms with E-state index in [1.54, 1.807) is 13.0 Å². The first-order chi connectivity index (χ1) is 20.2. The topological polar surface area (TPSA) is 147 Å². The molecular weight excluding hydrogens is 544 g/mol. The zero-order valence-corrected chi connectivity index (χ0v) is 23.5. The number of hydrazone groups is 1. The van der Waals surface area contributed by atoms with E-state index in [2.05, 4.69) is 27.2 Å². The van der Waals surface area contributed by atoms with Crippen molar-refractivity contribution < 1.29 is 33.1 Å². The Balaban J connectivity index is 1.37. The summed E-state index contributed by atoms with van der Waals surface area (Å²) < 4.78 is 24.0. The van der Waals surface area contributed by atoms with Crippen molar-refractivity contribution in [3.8, 4) is 17.2 Å². The average molecular weight is 575 g/mol. The van der Waals surface area contributed by atoms with Gasteiger partial charge in [0.1, 0.15) is 18.1 Å². The molecule has 42 heavy (non-hydrogen) atoms. The summed E-state index contributed by atoms with van der Waals surface area (Å²) in [7, 11) is 0. The number of aryl methyl sites for hydroxylation is 2. The van der Waals surface area contributed by atoms with Gasteiger partial charge >= 0.3 is 17.6 Å². The second kappa shape index (κ2) is 13.3.